The third kappa shape index (κ3) is 4.19. The lowest BCUT2D eigenvalue weighted by Crippen LogP contribution is -2.36. The molecule has 3 nitrogen and oxygen atoms in total. The first-order valence-corrected chi connectivity index (χ1v) is 6.11. The molecule has 17 heavy (non-hydrogen) atoms. The molecule has 3 heteroatoms. The molecule has 0 aromatic heterocycles. The van der Waals surface area contributed by atoms with Crippen LogP contribution in [0.1, 0.15) is 37.6 Å². The van der Waals surface area contributed by atoms with E-state index in [0.717, 1.165) is 13.0 Å². The van der Waals surface area contributed by atoms with Crippen LogP contribution in [0.3, 0.4) is 0 Å². The van der Waals surface area contributed by atoms with Crippen LogP contribution in [0.2, 0.25) is 0 Å². The van der Waals surface area contributed by atoms with Gasteiger partial charge in [-0.05, 0) is 51.1 Å². The van der Waals surface area contributed by atoms with Crippen molar-refractivity contribution in [1.29, 1.82) is 0 Å². The Hall–Kier alpha value is -1.35. The van der Waals surface area contributed by atoms with E-state index in [0.29, 0.717) is 18.2 Å². The second-order valence-electron chi connectivity index (χ2n) is 4.53. The third-order valence-electron chi connectivity index (χ3n) is 2.78. The van der Waals surface area contributed by atoms with Crippen LogP contribution in [0, 0.1) is 0 Å². The first-order valence-electron chi connectivity index (χ1n) is 6.11. The van der Waals surface area contributed by atoms with E-state index in [1.165, 1.54) is 0 Å². The molecule has 0 spiro atoms. The van der Waals surface area contributed by atoms with Crippen LogP contribution >= 0.6 is 0 Å². The fourth-order valence-electron chi connectivity index (χ4n) is 1.73. The molecule has 0 aliphatic heterocycles. The molecule has 0 fully saturated rings. The first-order chi connectivity index (χ1) is 8.04. The topological polar surface area (TPSA) is 40.5 Å². The van der Waals surface area contributed by atoms with Crippen molar-refractivity contribution in [2.75, 3.05) is 13.1 Å². The average Bonchev–Trinajstić information content (AvgIpc) is 2.29. The van der Waals surface area contributed by atoms with Crippen LogP contribution in [-0.4, -0.2) is 34.9 Å². The Morgan fingerprint density at radius 2 is 1.88 bits per heavy atom. The van der Waals surface area contributed by atoms with Crippen molar-refractivity contribution in [3.05, 3.63) is 29.8 Å². The minimum Gasteiger partial charge on any atom is -0.508 e. The van der Waals surface area contributed by atoms with Gasteiger partial charge in [0.15, 0.2) is 5.78 Å². The smallest absolute Gasteiger partial charge is 0.176 e. The van der Waals surface area contributed by atoms with E-state index in [4.69, 9.17) is 0 Å². The Morgan fingerprint density at radius 3 is 2.35 bits per heavy atom. The van der Waals surface area contributed by atoms with Gasteiger partial charge in [-0.1, -0.05) is 6.92 Å². The maximum absolute atomic E-state index is 12.0. The second-order valence-corrected chi connectivity index (χ2v) is 4.53. The molecule has 1 N–H and O–H groups in total. The summed E-state index contributed by atoms with van der Waals surface area (Å²) in [4.78, 5) is 14.2. The van der Waals surface area contributed by atoms with E-state index in [9.17, 15) is 9.90 Å². The maximum atomic E-state index is 12.0. The van der Waals surface area contributed by atoms with Crippen LogP contribution in [-0.2, 0) is 0 Å². The van der Waals surface area contributed by atoms with Crippen molar-refractivity contribution in [3.8, 4) is 5.75 Å². The molecule has 1 rings (SSSR count). The number of ketones is 1. The number of Topliss-reactive ketones (excluding diaryl/α,β-unsaturated/α-hetero) is 1. The lowest BCUT2D eigenvalue weighted by atomic mass is 10.1. The summed E-state index contributed by atoms with van der Waals surface area (Å²) in [5.41, 5.74) is 0.657. The van der Waals surface area contributed by atoms with Gasteiger partial charge in [-0.2, -0.15) is 0 Å². The number of carbonyl (C=O) groups excluding carboxylic acids is 1. The average molecular weight is 235 g/mol. The maximum Gasteiger partial charge on any atom is 0.176 e. The summed E-state index contributed by atoms with van der Waals surface area (Å²) in [6.07, 6.45) is 1.04. The van der Waals surface area contributed by atoms with Crippen LogP contribution in [0.15, 0.2) is 24.3 Å². The van der Waals surface area contributed by atoms with Gasteiger partial charge in [-0.15, -0.1) is 0 Å². The Kier molecular flexibility index (Phi) is 5.16. The molecule has 0 aliphatic carbocycles. The van der Waals surface area contributed by atoms with Crippen molar-refractivity contribution in [2.45, 2.75) is 33.2 Å². The van der Waals surface area contributed by atoms with Crippen molar-refractivity contribution in [2.24, 2.45) is 0 Å². The van der Waals surface area contributed by atoms with Crippen molar-refractivity contribution in [1.82, 2.24) is 4.90 Å². The predicted octanol–water partition coefficient (Wildman–Crippen LogP) is 2.70. The van der Waals surface area contributed by atoms with E-state index >= 15 is 0 Å². The lowest BCUT2D eigenvalue weighted by molar-refractivity contribution is 0.0906. The summed E-state index contributed by atoms with van der Waals surface area (Å²) in [7, 11) is 0. The highest BCUT2D eigenvalue weighted by Gasteiger charge is 2.14. The molecule has 0 aliphatic rings. The van der Waals surface area contributed by atoms with Gasteiger partial charge in [0.05, 0.1) is 6.54 Å². The van der Waals surface area contributed by atoms with Crippen LogP contribution in [0.25, 0.3) is 0 Å². The van der Waals surface area contributed by atoms with Crippen LogP contribution < -0.4 is 0 Å². The quantitative estimate of drug-likeness (QED) is 0.771. The lowest BCUT2D eigenvalue weighted by Gasteiger charge is -2.25. The summed E-state index contributed by atoms with van der Waals surface area (Å²) in [5, 5.41) is 9.17. The summed E-state index contributed by atoms with van der Waals surface area (Å²) >= 11 is 0. The number of phenolic OH excluding ortho intramolecular Hbond substituents is 1. The monoisotopic (exact) mass is 235 g/mol. The molecule has 0 amide bonds. The zero-order valence-electron chi connectivity index (χ0n) is 10.8. The number of aromatic hydroxyl groups is 1. The molecular weight excluding hydrogens is 214 g/mol. The molecule has 0 heterocycles. The largest absolute Gasteiger partial charge is 0.508 e. The molecule has 1 aromatic rings. The second kappa shape index (κ2) is 6.40. The van der Waals surface area contributed by atoms with Gasteiger partial charge >= 0.3 is 0 Å². The molecule has 0 saturated heterocycles. The third-order valence-corrected chi connectivity index (χ3v) is 2.78. The summed E-state index contributed by atoms with van der Waals surface area (Å²) in [6.45, 7) is 7.68. The van der Waals surface area contributed by atoms with Gasteiger partial charge in [0.1, 0.15) is 5.75 Å². The molecule has 94 valence electrons. The Labute approximate surface area is 103 Å². The van der Waals surface area contributed by atoms with Crippen molar-refractivity contribution >= 4 is 5.78 Å². The predicted molar refractivity (Wildman–Crippen MR) is 69.4 cm³/mol. The number of nitrogens with zero attached hydrogens (tertiary/aromatic N) is 1. The fraction of sp³-hybridized carbons (Fsp3) is 0.500. The van der Waals surface area contributed by atoms with Gasteiger partial charge in [0.25, 0.3) is 0 Å². The van der Waals surface area contributed by atoms with Gasteiger partial charge < -0.3 is 5.11 Å². The molecule has 1 aromatic carbocycles. The summed E-state index contributed by atoms with van der Waals surface area (Å²) < 4.78 is 0. The SMILES string of the molecule is CCCN(CC(=O)c1ccc(O)cc1)C(C)C. The van der Waals surface area contributed by atoms with E-state index < -0.39 is 0 Å². The highest BCUT2D eigenvalue weighted by atomic mass is 16.3. The van der Waals surface area contributed by atoms with E-state index in [1.54, 1.807) is 24.3 Å². The highest BCUT2D eigenvalue weighted by Crippen LogP contribution is 2.11. The summed E-state index contributed by atoms with van der Waals surface area (Å²) in [5.74, 6) is 0.294. The van der Waals surface area contributed by atoms with Gasteiger partial charge in [0.2, 0.25) is 0 Å². The van der Waals surface area contributed by atoms with E-state index in [1.807, 2.05) is 0 Å². The number of phenols is 1. The van der Waals surface area contributed by atoms with Gasteiger partial charge in [-0.25, -0.2) is 0 Å². The Morgan fingerprint density at radius 1 is 1.29 bits per heavy atom. The minimum atomic E-state index is 0.104. The number of benzene rings is 1. The Bertz CT molecular complexity index is 357. The van der Waals surface area contributed by atoms with Crippen LogP contribution in [0.5, 0.6) is 5.75 Å². The number of hydrogen-bond acceptors (Lipinski definition) is 3. The zero-order valence-corrected chi connectivity index (χ0v) is 10.8. The van der Waals surface area contributed by atoms with Crippen molar-refractivity contribution in [3.63, 3.8) is 0 Å². The van der Waals surface area contributed by atoms with E-state index in [2.05, 4.69) is 25.7 Å². The normalized spacial score (nSPS) is 11.1. The summed E-state index contributed by atoms with van der Waals surface area (Å²) in [6, 6.07) is 6.81. The number of rotatable bonds is 6. The molecule has 0 bridgehead atoms. The molecule has 0 unspecified atom stereocenters. The highest BCUT2D eigenvalue weighted by molar-refractivity contribution is 5.97. The Balaban J connectivity index is 2.66. The zero-order chi connectivity index (χ0) is 12.8. The standard InChI is InChI=1S/C14H21NO2/c1-4-9-15(11(2)3)10-14(17)12-5-7-13(16)8-6-12/h5-8,11,16H,4,9-10H2,1-3H3. The number of carbonyl (C=O) groups is 1. The van der Waals surface area contributed by atoms with Gasteiger partial charge in [-0.3, -0.25) is 9.69 Å². The van der Waals surface area contributed by atoms with Crippen molar-refractivity contribution < 1.29 is 9.90 Å². The minimum absolute atomic E-state index is 0.104. The van der Waals surface area contributed by atoms with Crippen LogP contribution in [0.4, 0.5) is 0 Å². The molecule has 0 saturated carbocycles. The van der Waals surface area contributed by atoms with E-state index in [-0.39, 0.29) is 11.5 Å². The number of hydrogen-bond donors (Lipinski definition) is 1. The first kappa shape index (κ1) is 13.7. The molecular formula is C14H21NO2. The molecule has 0 radical (unpaired) electrons. The molecule has 0 atom stereocenters. The fourth-order valence-corrected chi connectivity index (χ4v) is 1.73. The van der Waals surface area contributed by atoms with Gasteiger partial charge in [0, 0.05) is 11.6 Å².